The third-order valence-electron chi connectivity index (χ3n) is 4.64. The van der Waals surface area contributed by atoms with E-state index >= 15 is 0 Å². The first kappa shape index (κ1) is 17.7. The zero-order chi connectivity index (χ0) is 18.0. The number of nitrogens with zero attached hydrogens (tertiary/aromatic N) is 5. The van der Waals surface area contributed by atoms with Crippen molar-refractivity contribution in [2.75, 3.05) is 24.5 Å². The van der Waals surface area contributed by atoms with Gasteiger partial charge in [-0.2, -0.15) is 0 Å². The Morgan fingerprint density at radius 1 is 1.24 bits per heavy atom. The summed E-state index contributed by atoms with van der Waals surface area (Å²) in [6.45, 7) is 8.41. The lowest BCUT2D eigenvalue weighted by Crippen LogP contribution is -2.52. The molecule has 1 atom stereocenters. The Kier molecular flexibility index (Phi) is 5.22. The highest BCUT2D eigenvalue weighted by atomic mass is 19.1. The fourth-order valence-electron chi connectivity index (χ4n) is 3.17. The Balaban J connectivity index is 1.72. The highest BCUT2D eigenvalue weighted by molar-refractivity contribution is 5.42. The van der Waals surface area contributed by atoms with Crippen molar-refractivity contribution in [1.82, 2.24) is 19.9 Å². The van der Waals surface area contributed by atoms with Crippen LogP contribution >= 0.6 is 0 Å². The van der Waals surface area contributed by atoms with Crippen molar-refractivity contribution in [3.05, 3.63) is 47.7 Å². The molecular formula is C18H23F2N5. The van der Waals surface area contributed by atoms with Crippen molar-refractivity contribution in [3.8, 4) is 0 Å². The van der Waals surface area contributed by atoms with Gasteiger partial charge in [-0.3, -0.25) is 9.88 Å². The molecule has 2 aromatic rings. The predicted molar refractivity (Wildman–Crippen MR) is 92.4 cm³/mol. The molecular weight excluding hydrogens is 324 g/mol. The molecule has 3 heterocycles. The number of hydrogen-bond acceptors (Lipinski definition) is 5. The minimum atomic E-state index is -0.335. The number of piperazine rings is 1. The first-order valence-electron chi connectivity index (χ1n) is 8.55. The second-order valence-corrected chi connectivity index (χ2v) is 6.78. The third-order valence-corrected chi connectivity index (χ3v) is 4.64. The summed E-state index contributed by atoms with van der Waals surface area (Å²) in [6.07, 6.45) is 4.26. The SMILES string of the molecule is CC(C)c1ncnc(N2CCN(Cc3ccncc3F)C(C)C2)c1F. The van der Waals surface area contributed by atoms with E-state index in [1.54, 1.807) is 12.3 Å². The lowest BCUT2D eigenvalue weighted by Gasteiger charge is -2.40. The van der Waals surface area contributed by atoms with E-state index in [-0.39, 0.29) is 23.6 Å². The van der Waals surface area contributed by atoms with Gasteiger partial charge >= 0.3 is 0 Å². The van der Waals surface area contributed by atoms with Gasteiger partial charge in [0.15, 0.2) is 11.6 Å². The monoisotopic (exact) mass is 347 g/mol. The van der Waals surface area contributed by atoms with E-state index in [1.165, 1.54) is 12.5 Å². The van der Waals surface area contributed by atoms with Gasteiger partial charge in [0.05, 0.1) is 11.9 Å². The third kappa shape index (κ3) is 3.76. The molecule has 5 nitrogen and oxygen atoms in total. The average Bonchev–Trinajstić information content (AvgIpc) is 2.58. The zero-order valence-corrected chi connectivity index (χ0v) is 14.8. The van der Waals surface area contributed by atoms with Crippen molar-refractivity contribution in [1.29, 1.82) is 0 Å². The van der Waals surface area contributed by atoms with E-state index in [4.69, 9.17) is 0 Å². The van der Waals surface area contributed by atoms with E-state index in [0.29, 0.717) is 43.3 Å². The number of aromatic nitrogens is 3. The molecule has 0 spiro atoms. The fraction of sp³-hybridized carbons (Fsp3) is 0.500. The highest BCUT2D eigenvalue weighted by Gasteiger charge is 2.28. The molecule has 3 rings (SSSR count). The van der Waals surface area contributed by atoms with E-state index in [0.717, 1.165) is 0 Å². The first-order valence-corrected chi connectivity index (χ1v) is 8.55. The van der Waals surface area contributed by atoms with Crippen LogP contribution < -0.4 is 4.90 Å². The second-order valence-electron chi connectivity index (χ2n) is 6.78. The van der Waals surface area contributed by atoms with Gasteiger partial charge in [-0.05, 0) is 18.9 Å². The van der Waals surface area contributed by atoms with Gasteiger partial charge in [-0.15, -0.1) is 0 Å². The van der Waals surface area contributed by atoms with Crippen molar-refractivity contribution >= 4 is 5.82 Å². The number of anilines is 1. The molecule has 0 aromatic carbocycles. The van der Waals surface area contributed by atoms with Crippen LogP contribution in [0.5, 0.6) is 0 Å². The van der Waals surface area contributed by atoms with Crippen molar-refractivity contribution in [2.24, 2.45) is 0 Å². The predicted octanol–water partition coefficient (Wildman–Crippen LogP) is 2.98. The molecule has 1 aliphatic heterocycles. The van der Waals surface area contributed by atoms with Crippen LogP contribution in [0.15, 0.2) is 24.8 Å². The maximum Gasteiger partial charge on any atom is 0.187 e. The second kappa shape index (κ2) is 7.39. The molecule has 1 saturated heterocycles. The molecule has 0 saturated carbocycles. The van der Waals surface area contributed by atoms with Crippen LogP contribution in [0, 0.1) is 11.6 Å². The molecule has 134 valence electrons. The van der Waals surface area contributed by atoms with Gasteiger partial charge in [0.2, 0.25) is 0 Å². The van der Waals surface area contributed by atoms with Gasteiger partial charge in [-0.25, -0.2) is 18.7 Å². The summed E-state index contributed by atoms with van der Waals surface area (Å²) in [5.41, 5.74) is 1.07. The summed E-state index contributed by atoms with van der Waals surface area (Å²) in [5, 5.41) is 0. The first-order chi connectivity index (χ1) is 12.0. The number of hydrogen-bond donors (Lipinski definition) is 0. The zero-order valence-electron chi connectivity index (χ0n) is 14.8. The normalized spacial score (nSPS) is 18.8. The summed E-state index contributed by atoms with van der Waals surface area (Å²) >= 11 is 0. The van der Waals surface area contributed by atoms with Crippen LogP contribution in [0.3, 0.4) is 0 Å². The Morgan fingerprint density at radius 3 is 2.72 bits per heavy atom. The molecule has 7 heteroatoms. The fourth-order valence-corrected chi connectivity index (χ4v) is 3.17. The highest BCUT2D eigenvalue weighted by Crippen LogP contribution is 2.25. The van der Waals surface area contributed by atoms with Crippen molar-refractivity contribution in [3.63, 3.8) is 0 Å². The van der Waals surface area contributed by atoms with E-state index in [9.17, 15) is 8.78 Å². The maximum absolute atomic E-state index is 14.7. The van der Waals surface area contributed by atoms with Crippen molar-refractivity contribution in [2.45, 2.75) is 39.3 Å². The van der Waals surface area contributed by atoms with Gasteiger partial charge in [0.1, 0.15) is 12.1 Å². The summed E-state index contributed by atoms with van der Waals surface area (Å²) in [4.78, 5) is 16.1. The van der Waals surface area contributed by atoms with Crippen molar-refractivity contribution < 1.29 is 8.78 Å². The number of pyridine rings is 1. The Hall–Kier alpha value is -2.15. The molecule has 1 unspecified atom stereocenters. The van der Waals surface area contributed by atoms with Crippen LogP contribution in [0.4, 0.5) is 14.6 Å². The lowest BCUT2D eigenvalue weighted by molar-refractivity contribution is 0.178. The molecule has 25 heavy (non-hydrogen) atoms. The Bertz CT molecular complexity index is 737. The molecule has 2 aromatic heterocycles. The minimum Gasteiger partial charge on any atom is -0.351 e. The standard InChI is InChI=1S/C18H23F2N5/c1-12(2)17-16(20)18(23-11-22-17)25-7-6-24(13(3)9-25)10-14-4-5-21-8-15(14)19/h4-5,8,11-13H,6-7,9-10H2,1-3H3. The van der Waals surface area contributed by atoms with E-state index in [1.807, 2.05) is 18.7 Å². The molecule has 0 radical (unpaired) electrons. The molecule has 1 aliphatic rings. The molecule has 0 bridgehead atoms. The molecule has 0 aliphatic carbocycles. The summed E-state index contributed by atoms with van der Waals surface area (Å²) in [7, 11) is 0. The van der Waals surface area contributed by atoms with Crippen LogP contribution in [0.2, 0.25) is 0 Å². The van der Waals surface area contributed by atoms with Gasteiger partial charge in [0, 0.05) is 44.0 Å². The summed E-state index contributed by atoms with van der Waals surface area (Å²) in [6, 6.07) is 1.85. The van der Waals surface area contributed by atoms with Gasteiger partial charge in [0.25, 0.3) is 0 Å². The Morgan fingerprint density at radius 2 is 2.04 bits per heavy atom. The number of rotatable bonds is 4. The quantitative estimate of drug-likeness (QED) is 0.851. The summed E-state index contributed by atoms with van der Waals surface area (Å²) in [5.74, 6) is -0.255. The lowest BCUT2D eigenvalue weighted by atomic mass is 10.1. The van der Waals surface area contributed by atoms with Crippen LogP contribution in [-0.4, -0.2) is 45.5 Å². The molecule has 1 fully saturated rings. The Labute approximate surface area is 146 Å². The van der Waals surface area contributed by atoms with Crippen LogP contribution in [-0.2, 0) is 6.54 Å². The average molecular weight is 347 g/mol. The minimum absolute atomic E-state index is 0.00938. The largest absolute Gasteiger partial charge is 0.351 e. The van der Waals surface area contributed by atoms with Crippen LogP contribution in [0.25, 0.3) is 0 Å². The molecule has 0 N–H and O–H groups in total. The van der Waals surface area contributed by atoms with E-state index < -0.39 is 0 Å². The maximum atomic E-state index is 14.7. The van der Waals surface area contributed by atoms with Gasteiger partial charge < -0.3 is 4.90 Å². The van der Waals surface area contributed by atoms with E-state index in [2.05, 4.69) is 26.8 Å². The molecule has 0 amide bonds. The number of halogens is 2. The smallest absolute Gasteiger partial charge is 0.187 e. The van der Waals surface area contributed by atoms with Gasteiger partial charge in [-0.1, -0.05) is 13.8 Å². The van der Waals surface area contributed by atoms with Crippen LogP contribution in [0.1, 0.15) is 37.9 Å². The topological polar surface area (TPSA) is 45.2 Å². The summed E-state index contributed by atoms with van der Waals surface area (Å²) < 4.78 is 28.5.